The van der Waals surface area contributed by atoms with E-state index in [1.807, 2.05) is 6.92 Å². The molecule has 0 fully saturated rings. The molecule has 0 aliphatic rings. The lowest BCUT2D eigenvalue weighted by atomic mass is 10.2. The van der Waals surface area contributed by atoms with E-state index in [-0.39, 0.29) is 5.75 Å². The molecule has 1 aromatic carbocycles. The first-order valence-electron chi connectivity index (χ1n) is 5.31. The maximum Gasteiger partial charge on any atom is 0.216 e. The number of benzene rings is 1. The summed E-state index contributed by atoms with van der Waals surface area (Å²) in [6, 6.07) is 4.74. The first-order chi connectivity index (χ1) is 8.61. The molecule has 0 unspecified atom stereocenters. The van der Waals surface area contributed by atoms with Crippen LogP contribution in [0.4, 0.5) is 0 Å². The molecule has 0 radical (unpaired) electrons. The van der Waals surface area contributed by atoms with Gasteiger partial charge in [0.15, 0.2) is 5.82 Å². The van der Waals surface area contributed by atoms with Gasteiger partial charge in [-0.25, -0.2) is 0 Å². The fraction of sp³-hybridized carbons (Fsp3) is 0.182. The molecule has 0 saturated heterocycles. The van der Waals surface area contributed by atoms with Crippen molar-refractivity contribution in [1.29, 1.82) is 0 Å². The van der Waals surface area contributed by atoms with Crippen LogP contribution in [0.3, 0.4) is 0 Å². The van der Waals surface area contributed by atoms with Crippen LogP contribution in [0, 0.1) is 4.77 Å². The summed E-state index contributed by atoms with van der Waals surface area (Å²) in [7, 11) is 0. The third kappa shape index (κ3) is 2.60. The Balaban J connectivity index is 2.38. The number of aromatic amines is 1. The van der Waals surface area contributed by atoms with E-state index in [1.54, 1.807) is 12.1 Å². The predicted octanol–water partition coefficient (Wildman–Crippen LogP) is 2.74. The number of hydrogen-bond donors (Lipinski definition) is 2. The van der Waals surface area contributed by atoms with Crippen molar-refractivity contribution >= 4 is 30.0 Å². The van der Waals surface area contributed by atoms with E-state index in [4.69, 9.17) is 23.8 Å². The molecule has 1 aromatic heterocycles. The first kappa shape index (κ1) is 12.8. The van der Waals surface area contributed by atoms with Gasteiger partial charge in [0.05, 0.1) is 6.21 Å². The van der Waals surface area contributed by atoms with E-state index in [0.29, 0.717) is 21.8 Å². The van der Waals surface area contributed by atoms with E-state index < -0.39 is 0 Å². The van der Waals surface area contributed by atoms with Gasteiger partial charge in [-0.3, -0.25) is 5.10 Å². The van der Waals surface area contributed by atoms with Gasteiger partial charge < -0.3 is 5.11 Å². The van der Waals surface area contributed by atoms with Gasteiger partial charge >= 0.3 is 0 Å². The zero-order valence-corrected chi connectivity index (χ0v) is 11.2. The summed E-state index contributed by atoms with van der Waals surface area (Å²) in [5.41, 5.74) is 0.521. The van der Waals surface area contributed by atoms with Crippen LogP contribution in [0.15, 0.2) is 23.3 Å². The number of halogens is 1. The van der Waals surface area contributed by atoms with Crippen molar-refractivity contribution < 1.29 is 5.11 Å². The highest BCUT2D eigenvalue weighted by atomic mass is 35.5. The lowest BCUT2D eigenvalue weighted by Gasteiger charge is -2.00. The third-order valence-electron chi connectivity index (χ3n) is 2.34. The molecular formula is C11H11ClN4OS. The number of phenols is 1. The topological polar surface area (TPSA) is 66.2 Å². The number of H-pyrrole nitrogens is 1. The van der Waals surface area contributed by atoms with Gasteiger partial charge in [-0.2, -0.15) is 14.9 Å². The van der Waals surface area contributed by atoms with Crippen molar-refractivity contribution in [2.75, 3.05) is 0 Å². The van der Waals surface area contributed by atoms with Crippen molar-refractivity contribution in [2.45, 2.75) is 13.3 Å². The molecule has 0 atom stereocenters. The molecular weight excluding hydrogens is 272 g/mol. The lowest BCUT2D eigenvalue weighted by molar-refractivity contribution is 0.474. The molecule has 1 heterocycles. The minimum Gasteiger partial charge on any atom is -0.507 e. The van der Waals surface area contributed by atoms with Crippen molar-refractivity contribution in [1.82, 2.24) is 14.9 Å². The largest absolute Gasteiger partial charge is 0.507 e. The standard InChI is InChI=1S/C11H11ClN4OS/c1-2-10-14-15-11(18)16(10)13-6-7-5-8(12)3-4-9(7)17/h3-6,17H,2H2,1H3,(H,15,18)/b13-6-. The number of rotatable bonds is 3. The maximum atomic E-state index is 9.65. The van der Waals surface area contributed by atoms with Gasteiger partial charge in [0.1, 0.15) is 5.75 Å². The van der Waals surface area contributed by atoms with Crippen LogP contribution in [-0.4, -0.2) is 26.2 Å². The summed E-state index contributed by atoms with van der Waals surface area (Å²) in [5.74, 6) is 0.828. The quantitative estimate of drug-likeness (QED) is 0.672. The molecule has 5 nitrogen and oxygen atoms in total. The molecule has 0 spiro atoms. The molecule has 2 N–H and O–H groups in total. The molecule has 2 rings (SSSR count). The highest BCUT2D eigenvalue weighted by molar-refractivity contribution is 7.71. The van der Waals surface area contributed by atoms with E-state index >= 15 is 0 Å². The van der Waals surface area contributed by atoms with Gasteiger partial charge in [0.25, 0.3) is 0 Å². The van der Waals surface area contributed by atoms with Crippen LogP contribution in [0.25, 0.3) is 0 Å². The summed E-state index contributed by atoms with van der Waals surface area (Å²) >= 11 is 10.9. The fourth-order valence-corrected chi connectivity index (χ4v) is 1.80. The normalized spacial score (nSPS) is 11.2. The predicted molar refractivity (Wildman–Crippen MR) is 72.9 cm³/mol. The molecule has 0 aliphatic carbocycles. The Morgan fingerprint density at radius 3 is 3.11 bits per heavy atom. The fourth-order valence-electron chi connectivity index (χ4n) is 1.42. The number of aromatic hydroxyl groups is 1. The second-order valence-corrected chi connectivity index (χ2v) is 4.38. The highest BCUT2D eigenvalue weighted by Crippen LogP contribution is 2.19. The minimum atomic E-state index is 0.108. The summed E-state index contributed by atoms with van der Waals surface area (Å²) in [5, 5.41) is 21.1. The number of hydrogen-bond acceptors (Lipinski definition) is 4. The van der Waals surface area contributed by atoms with Crippen LogP contribution in [-0.2, 0) is 6.42 Å². The lowest BCUT2D eigenvalue weighted by Crippen LogP contribution is -1.97. The van der Waals surface area contributed by atoms with E-state index in [0.717, 1.165) is 5.82 Å². The van der Waals surface area contributed by atoms with Gasteiger partial charge in [0.2, 0.25) is 4.77 Å². The molecule has 7 heteroatoms. The first-order valence-corrected chi connectivity index (χ1v) is 6.09. The minimum absolute atomic E-state index is 0.108. The molecule has 0 aliphatic heterocycles. The van der Waals surface area contributed by atoms with Gasteiger partial charge in [-0.05, 0) is 30.4 Å². The summed E-state index contributed by atoms with van der Waals surface area (Å²) in [6.45, 7) is 1.95. The smallest absolute Gasteiger partial charge is 0.216 e. The molecule has 0 amide bonds. The molecule has 0 bridgehead atoms. The summed E-state index contributed by atoms with van der Waals surface area (Å²) < 4.78 is 1.92. The average molecular weight is 283 g/mol. The number of phenolic OH excluding ortho intramolecular Hbond substituents is 1. The molecule has 94 valence electrons. The average Bonchev–Trinajstić information content (AvgIpc) is 2.71. The number of aromatic nitrogens is 3. The molecule has 0 saturated carbocycles. The summed E-state index contributed by atoms with van der Waals surface area (Å²) in [6.07, 6.45) is 2.19. The zero-order valence-electron chi connectivity index (χ0n) is 9.59. The van der Waals surface area contributed by atoms with Gasteiger partial charge in [-0.1, -0.05) is 18.5 Å². The van der Waals surface area contributed by atoms with Crippen molar-refractivity contribution in [3.05, 3.63) is 39.4 Å². The Hall–Kier alpha value is -1.66. The van der Waals surface area contributed by atoms with E-state index in [2.05, 4.69) is 15.3 Å². The van der Waals surface area contributed by atoms with Crippen molar-refractivity contribution in [3.8, 4) is 5.75 Å². The number of aryl methyl sites for hydroxylation is 1. The SMILES string of the molecule is CCc1n[nH]c(=S)n1/N=C\c1cc(Cl)ccc1O. The number of nitrogens with zero attached hydrogens (tertiary/aromatic N) is 3. The summed E-state index contributed by atoms with van der Waals surface area (Å²) in [4.78, 5) is 0. The Morgan fingerprint density at radius 2 is 2.39 bits per heavy atom. The highest BCUT2D eigenvalue weighted by Gasteiger charge is 2.03. The number of nitrogens with one attached hydrogen (secondary N) is 1. The van der Waals surface area contributed by atoms with Crippen LogP contribution < -0.4 is 0 Å². The molecule has 2 aromatic rings. The van der Waals surface area contributed by atoms with Gasteiger partial charge in [0, 0.05) is 17.0 Å². The second kappa shape index (κ2) is 5.32. The second-order valence-electron chi connectivity index (χ2n) is 3.56. The Bertz CT molecular complexity index is 647. The monoisotopic (exact) mass is 282 g/mol. The maximum absolute atomic E-state index is 9.65. The van der Waals surface area contributed by atoms with Gasteiger partial charge in [-0.15, -0.1) is 0 Å². The Kier molecular flexibility index (Phi) is 3.78. The zero-order chi connectivity index (χ0) is 13.1. The van der Waals surface area contributed by atoms with Crippen LogP contribution in [0.5, 0.6) is 5.75 Å². The van der Waals surface area contributed by atoms with E-state index in [9.17, 15) is 5.11 Å². The van der Waals surface area contributed by atoms with E-state index in [1.165, 1.54) is 17.0 Å². The molecule has 18 heavy (non-hydrogen) atoms. The van der Waals surface area contributed by atoms with Crippen molar-refractivity contribution in [3.63, 3.8) is 0 Å². The van der Waals surface area contributed by atoms with Crippen LogP contribution in [0.2, 0.25) is 5.02 Å². The Morgan fingerprint density at radius 1 is 1.61 bits per heavy atom. The van der Waals surface area contributed by atoms with Crippen LogP contribution in [0.1, 0.15) is 18.3 Å². The Labute approximate surface area is 114 Å². The van der Waals surface area contributed by atoms with Crippen LogP contribution >= 0.6 is 23.8 Å². The van der Waals surface area contributed by atoms with Crippen molar-refractivity contribution in [2.24, 2.45) is 5.10 Å². The third-order valence-corrected chi connectivity index (χ3v) is 2.83.